The molecule has 3 nitrogen and oxygen atoms in total. The molecule has 2 rings (SSSR count). The molecule has 0 aliphatic heterocycles. The highest BCUT2D eigenvalue weighted by Gasteiger charge is 2.18. The number of sulfonamides is 1. The average Bonchev–Trinajstić information content (AvgIpc) is 2.43. The minimum Gasteiger partial charge on any atom is -0.207 e. The highest BCUT2D eigenvalue weighted by molar-refractivity contribution is 9.10. The van der Waals surface area contributed by atoms with Crippen molar-refractivity contribution in [1.29, 1.82) is 0 Å². The molecule has 2 aromatic carbocycles. The minimum atomic E-state index is -3.87. The van der Waals surface area contributed by atoms with Crippen LogP contribution in [-0.4, -0.2) is 8.42 Å². The molecule has 0 aromatic heterocycles. The Balaban J connectivity index is 2.23. The van der Waals surface area contributed by atoms with Crippen molar-refractivity contribution in [3.8, 4) is 0 Å². The molecule has 0 aliphatic carbocycles. The van der Waals surface area contributed by atoms with Gasteiger partial charge in [0.1, 0.15) is 11.6 Å². The molecule has 0 radical (unpaired) electrons. The first-order valence-electron chi connectivity index (χ1n) is 5.69. The first-order valence-corrected chi connectivity index (χ1v) is 8.34. The van der Waals surface area contributed by atoms with Crippen LogP contribution in [-0.2, 0) is 16.6 Å². The van der Waals surface area contributed by atoms with E-state index in [0.29, 0.717) is 4.47 Å². The molecule has 8 heteroatoms. The van der Waals surface area contributed by atoms with Gasteiger partial charge in [-0.2, -0.15) is 0 Å². The van der Waals surface area contributed by atoms with E-state index < -0.39 is 33.8 Å². The second kappa shape index (κ2) is 6.39. The Labute approximate surface area is 134 Å². The molecule has 112 valence electrons. The van der Waals surface area contributed by atoms with Crippen LogP contribution in [0.15, 0.2) is 45.8 Å². The van der Waals surface area contributed by atoms with Crippen molar-refractivity contribution in [3.05, 3.63) is 63.1 Å². The second-order valence-electron chi connectivity index (χ2n) is 4.10. The highest BCUT2D eigenvalue weighted by Crippen LogP contribution is 2.21. The number of benzene rings is 2. The van der Waals surface area contributed by atoms with Crippen LogP contribution in [0.5, 0.6) is 0 Å². The van der Waals surface area contributed by atoms with Crippen LogP contribution in [0.1, 0.15) is 5.56 Å². The maximum absolute atomic E-state index is 13.7. The van der Waals surface area contributed by atoms with Gasteiger partial charge in [-0.05, 0) is 36.4 Å². The van der Waals surface area contributed by atoms with Gasteiger partial charge in [0, 0.05) is 16.6 Å². The third kappa shape index (κ3) is 3.79. The monoisotopic (exact) mass is 395 g/mol. The largest absolute Gasteiger partial charge is 0.240 e. The van der Waals surface area contributed by atoms with Gasteiger partial charge in [0.15, 0.2) is 0 Å². The van der Waals surface area contributed by atoms with Gasteiger partial charge in [-0.3, -0.25) is 0 Å². The molecule has 0 spiro atoms. The van der Waals surface area contributed by atoms with E-state index in [4.69, 9.17) is 11.6 Å². The summed E-state index contributed by atoms with van der Waals surface area (Å²) in [5.41, 5.74) is -0.428. The lowest BCUT2D eigenvalue weighted by atomic mass is 10.2. The van der Waals surface area contributed by atoms with Crippen LogP contribution < -0.4 is 4.72 Å². The van der Waals surface area contributed by atoms with E-state index in [2.05, 4.69) is 20.7 Å². The van der Waals surface area contributed by atoms with Crippen LogP contribution in [0, 0.1) is 11.6 Å². The molecular formula is C13H9BrClF2NO2S. The fraction of sp³-hybridized carbons (Fsp3) is 0.0769. The van der Waals surface area contributed by atoms with Crippen molar-refractivity contribution >= 4 is 37.6 Å². The van der Waals surface area contributed by atoms with Crippen LogP contribution in [0.3, 0.4) is 0 Å². The number of nitrogens with one attached hydrogen (secondary N) is 1. The third-order valence-corrected chi connectivity index (χ3v) is 4.94. The lowest BCUT2D eigenvalue weighted by molar-refractivity contribution is 0.544. The van der Waals surface area contributed by atoms with Crippen molar-refractivity contribution in [3.63, 3.8) is 0 Å². The summed E-state index contributed by atoms with van der Waals surface area (Å²) in [6.07, 6.45) is 0. The molecule has 0 fully saturated rings. The lowest BCUT2D eigenvalue weighted by Gasteiger charge is -2.09. The molecule has 0 heterocycles. The van der Waals surface area contributed by atoms with E-state index in [1.165, 1.54) is 12.1 Å². The summed E-state index contributed by atoms with van der Waals surface area (Å²) in [4.78, 5) is -0.00598. The summed E-state index contributed by atoms with van der Waals surface area (Å²) in [5, 5.41) is -0.269. The first-order chi connectivity index (χ1) is 9.81. The molecule has 0 bridgehead atoms. The Hall–Kier alpha value is -1.02. The molecular weight excluding hydrogens is 388 g/mol. The molecule has 0 saturated carbocycles. The third-order valence-electron chi connectivity index (χ3n) is 2.70. The molecule has 2 aromatic rings. The first kappa shape index (κ1) is 16.4. The zero-order valence-corrected chi connectivity index (χ0v) is 13.6. The average molecular weight is 397 g/mol. The number of hydrogen-bond donors (Lipinski definition) is 1. The van der Waals surface area contributed by atoms with Crippen LogP contribution in [0.25, 0.3) is 0 Å². The zero-order chi connectivity index (χ0) is 15.6. The van der Waals surface area contributed by atoms with Gasteiger partial charge in [0.2, 0.25) is 10.0 Å². The summed E-state index contributed by atoms with van der Waals surface area (Å²) >= 11 is 8.73. The Kier molecular flexibility index (Phi) is 4.98. The SMILES string of the molecule is O=S(=O)(NCc1c(F)ccc(Cl)c1F)c1ccc(Br)cc1. The molecule has 1 N–H and O–H groups in total. The van der Waals surface area contributed by atoms with Gasteiger partial charge >= 0.3 is 0 Å². The van der Waals surface area contributed by atoms with Crippen LogP contribution in [0.2, 0.25) is 5.02 Å². The van der Waals surface area contributed by atoms with E-state index in [0.717, 1.165) is 12.1 Å². The molecule has 0 amide bonds. The topological polar surface area (TPSA) is 46.2 Å². The summed E-state index contributed by atoms with van der Waals surface area (Å²) < 4.78 is 54.1. The molecule has 0 atom stereocenters. The Morgan fingerprint density at radius 1 is 1.10 bits per heavy atom. The predicted octanol–water partition coefficient (Wildman–Crippen LogP) is 3.86. The Morgan fingerprint density at radius 3 is 2.33 bits per heavy atom. The number of rotatable bonds is 4. The normalized spacial score (nSPS) is 11.6. The quantitative estimate of drug-likeness (QED) is 0.798. The minimum absolute atomic E-state index is 0.00598. The number of halogens is 4. The zero-order valence-electron chi connectivity index (χ0n) is 10.4. The highest BCUT2D eigenvalue weighted by atomic mass is 79.9. The van der Waals surface area contributed by atoms with E-state index in [1.54, 1.807) is 12.1 Å². The van der Waals surface area contributed by atoms with Gasteiger partial charge in [-0.15, -0.1) is 0 Å². The maximum atomic E-state index is 13.7. The maximum Gasteiger partial charge on any atom is 0.240 e. The number of hydrogen-bond acceptors (Lipinski definition) is 2. The smallest absolute Gasteiger partial charge is 0.207 e. The molecule has 0 aliphatic rings. The van der Waals surface area contributed by atoms with Gasteiger partial charge in [0.05, 0.1) is 9.92 Å². The van der Waals surface area contributed by atoms with Gasteiger partial charge in [-0.1, -0.05) is 27.5 Å². The summed E-state index contributed by atoms with van der Waals surface area (Å²) in [6, 6.07) is 7.89. The van der Waals surface area contributed by atoms with Crippen LogP contribution >= 0.6 is 27.5 Å². The van der Waals surface area contributed by atoms with Crippen molar-refractivity contribution in [2.24, 2.45) is 0 Å². The second-order valence-corrected chi connectivity index (χ2v) is 7.19. The molecule has 21 heavy (non-hydrogen) atoms. The van der Waals surface area contributed by atoms with Crippen LogP contribution in [0.4, 0.5) is 8.78 Å². The van der Waals surface area contributed by atoms with Gasteiger partial charge in [-0.25, -0.2) is 21.9 Å². The van der Waals surface area contributed by atoms with Gasteiger partial charge < -0.3 is 0 Å². The summed E-state index contributed by atoms with van der Waals surface area (Å²) in [7, 11) is -3.87. The fourth-order valence-corrected chi connectivity index (χ4v) is 3.03. The Bertz CT molecular complexity index is 766. The van der Waals surface area contributed by atoms with Crippen molar-refractivity contribution in [1.82, 2.24) is 4.72 Å². The van der Waals surface area contributed by atoms with E-state index in [9.17, 15) is 17.2 Å². The lowest BCUT2D eigenvalue weighted by Crippen LogP contribution is -2.24. The van der Waals surface area contributed by atoms with Crippen molar-refractivity contribution in [2.75, 3.05) is 0 Å². The van der Waals surface area contributed by atoms with E-state index >= 15 is 0 Å². The predicted molar refractivity (Wildman–Crippen MR) is 79.5 cm³/mol. The molecule has 0 unspecified atom stereocenters. The fourth-order valence-electron chi connectivity index (χ4n) is 1.60. The van der Waals surface area contributed by atoms with Crippen molar-refractivity contribution < 1.29 is 17.2 Å². The summed E-state index contributed by atoms with van der Waals surface area (Å²) in [5.74, 6) is -1.84. The van der Waals surface area contributed by atoms with E-state index in [1.807, 2.05) is 0 Å². The van der Waals surface area contributed by atoms with Crippen molar-refractivity contribution in [2.45, 2.75) is 11.4 Å². The Morgan fingerprint density at radius 2 is 1.71 bits per heavy atom. The molecule has 0 saturated heterocycles. The van der Waals surface area contributed by atoms with Gasteiger partial charge in [0.25, 0.3) is 0 Å². The standard InChI is InChI=1S/C13H9BrClF2NO2S/c14-8-1-3-9(4-2-8)21(19,20)18-7-10-12(16)6-5-11(15)13(10)17/h1-6,18H,7H2. The van der Waals surface area contributed by atoms with E-state index in [-0.39, 0.29) is 9.92 Å². The summed E-state index contributed by atoms with van der Waals surface area (Å²) in [6.45, 7) is -0.531.